The Hall–Kier alpha value is -1.06. The van der Waals surface area contributed by atoms with Crippen LogP contribution in [0, 0.1) is 0 Å². The second-order valence-electron chi connectivity index (χ2n) is 4.96. The molecule has 0 aromatic heterocycles. The molecule has 1 aromatic carbocycles. The number of ether oxygens (including phenoxy) is 1. The lowest BCUT2D eigenvalue weighted by Gasteiger charge is -2.11. The van der Waals surface area contributed by atoms with E-state index in [2.05, 4.69) is 6.07 Å². The minimum Gasteiger partial charge on any atom is -0.493 e. The number of fused-ring (bicyclic) bond motifs is 1. The highest BCUT2D eigenvalue weighted by Gasteiger charge is 2.21. The zero-order valence-electron chi connectivity index (χ0n) is 10.9. The van der Waals surface area contributed by atoms with Crippen LogP contribution in [0.15, 0.2) is 18.2 Å². The lowest BCUT2D eigenvalue weighted by Crippen LogP contribution is -2.05. The van der Waals surface area contributed by atoms with Crippen LogP contribution in [0.3, 0.4) is 0 Å². The van der Waals surface area contributed by atoms with E-state index < -0.39 is 0 Å². The van der Waals surface area contributed by atoms with Gasteiger partial charge in [0.25, 0.3) is 0 Å². The maximum absolute atomic E-state index is 8.69. The predicted molar refractivity (Wildman–Crippen MR) is 72.7 cm³/mol. The Morgan fingerprint density at radius 3 is 2.89 bits per heavy atom. The number of unbranched alkanes of at least 4 members (excludes halogenated alkanes) is 3. The SMILES string of the molecule is NC1CCc2c(OCCCCCCO)cccc21. The molecule has 0 bridgehead atoms. The lowest BCUT2D eigenvalue weighted by molar-refractivity contribution is 0.273. The predicted octanol–water partition coefficient (Wildman–Crippen LogP) is 2.56. The average molecular weight is 249 g/mol. The molecule has 0 fully saturated rings. The van der Waals surface area contributed by atoms with Gasteiger partial charge in [0.05, 0.1) is 6.61 Å². The van der Waals surface area contributed by atoms with Crippen molar-refractivity contribution in [2.45, 2.75) is 44.6 Å². The number of nitrogens with two attached hydrogens (primary N) is 1. The summed E-state index contributed by atoms with van der Waals surface area (Å²) in [4.78, 5) is 0. The molecule has 0 saturated heterocycles. The highest BCUT2D eigenvalue weighted by molar-refractivity contribution is 5.44. The van der Waals surface area contributed by atoms with Crippen LogP contribution in [0.25, 0.3) is 0 Å². The zero-order chi connectivity index (χ0) is 12.8. The largest absolute Gasteiger partial charge is 0.493 e. The minimum absolute atomic E-state index is 0.188. The highest BCUT2D eigenvalue weighted by Crippen LogP contribution is 2.35. The first-order valence-electron chi connectivity index (χ1n) is 6.94. The van der Waals surface area contributed by atoms with Crippen molar-refractivity contribution in [3.8, 4) is 5.75 Å². The number of benzene rings is 1. The van der Waals surface area contributed by atoms with Gasteiger partial charge in [0.15, 0.2) is 0 Å². The Bertz CT molecular complexity index is 379. The van der Waals surface area contributed by atoms with E-state index in [-0.39, 0.29) is 6.04 Å². The van der Waals surface area contributed by atoms with Gasteiger partial charge in [-0.15, -0.1) is 0 Å². The van der Waals surface area contributed by atoms with E-state index in [4.69, 9.17) is 15.6 Å². The monoisotopic (exact) mass is 249 g/mol. The average Bonchev–Trinajstić information content (AvgIpc) is 2.77. The molecule has 1 aliphatic rings. The lowest BCUT2D eigenvalue weighted by atomic mass is 10.1. The van der Waals surface area contributed by atoms with Gasteiger partial charge in [-0.1, -0.05) is 18.6 Å². The molecule has 1 aliphatic carbocycles. The summed E-state index contributed by atoms with van der Waals surface area (Å²) >= 11 is 0. The van der Waals surface area contributed by atoms with Gasteiger partial charge in [-0.2, -0.15) is 0 Å². The Morgan fingerprint density at radius 2 is 2.06 bits per heavy atom. The number of aliphatic hydroxyl groups excluding tert-OH is 1. The third-order valence-corrected chi connectivity index (χ3v) is 3.58. The van der Waals surface area contributed by atoms with Gasteiger partial charge in [0.2, 0.25) is 0 Å². The summed E-state index contributed by atoms with van der Waals surface area (Å²) in [7, 11) is 0. The van der Waals surface area contributed by atoms with Gasteiger partial charge >= 0.3 is 0 Å². The van der Waals surface area contributed by atoms with Crippen molar-refractivity contribution in [1.82, 2.24) is 0 Å². The molecule has 100 valence electrons. The molecular weight excluding hydrogens is 226 g/mol. The fourth-order valence-electron chi connectivity index (χ4n) is 2.54. The maximum atomic E-state index is 8.69. The standard InChI is InChI=1S/C15H23NO2/c16-14-9-8-13-12(14)6-5-7-15(13)18-11-4-2-1-3-10-17/h5-7,14,17H,1-4,8-11,16H2. The Morgan fingerprint density at radius 1 is 1.22 bits per heavy atom. The number of hydrogen-bond acceptors (Lipinski definition) is 3. The zero-order valence-corrected chi connectivity index (χ0v) is 10.9. The molecule has 0 amide bonds. The molecule has 0 heterocycles. The molecule has 1 aromatic rings. The molecular formula is C15H23NO2. The fourth-order valence-corrected chi connectivity index (χ4v) is 2.54. The van der Waals surface area contributed by atoms with Crippen molar-refractivity contribution >= 4 is 0 Å². The van der Waals surface area contributed by atoms with Crippen LogP contribution in [-0.4, -0.2) is 18.3 Å². The van der Waals surface area contributed by atoms with Crippen molar-refractivity contribution in [2.24, 2.45) is 5.73 Å². The first-order chi connectivity index (χ1) is 8.83. The fraction of sp³-hybridized carbons (Fsp3) is 0.600. The van der Waals surface area contributed by atoms with E-state index in [9.17, 15) is 0 Å². The number of rotatable bonds is 7. The van der Waals surface area contributed by atoms with Crippen LogP contribution in [0.4, 0.5) is 0 Å². The van der Waals surface area contributed by atoms with Crippen molar-refractivity contribution in [3.63, 3.8) is 0 Å². The van der Waals surface area contributed by atoms with E-state index in [1.54, 1.807) is 0 Å². The quantitative estimate of drug-likeness (QED) is 0.730. The van der Waals surface area contributed by atoms with Crippen LogP contribution >= 0.6 is 0 Å². The van der Waals surface area contributed by atoms with Crippen LogP contribution in [-0.2, 0) is 6.42 Å². The third kappa shape index (κ3) is 3.24. The second kappa shape index (κ2) is 6.76. The van der Waals surface area contributed by atoms with E-state index >= 15 is 0 Å². The number of aliphatic hydroxyl groups is 1. The molecule has 1 atom stereocenters. The molecule has 1 unspecified atom stereocenters. The van der Waals surface area contributed by atoms with Crippen molar-refractivity contribution in [1.29, 1.82) is 0 Å². The summed E-state index contributed by atoms with van der Waals surface area (Å²) in [6.07, 6.45) is 6.22. The van der Waals surface area contributed by atoms with E-state index in [0.717, 1.165) is 50.9 Å². The van der Waals surface area contributed by atoms with E-state index in [0.29, 0.717) is 6.61 Å². The molecule has 0 saturated carbocycles. The molecule has 3 heteroatoms. The van der Waals surface area contributed by atoms with Gasteiger partial charge in [-0.25, -0.2) is 0 Å². The van der Waals surface area contributed by atoms with Crippen LogP contribution in [0.5, 0.6) is 5.75 Å². The van der Waals surface area contributed by atoms with Gasteiger partial charge < -0.3 is 15.6 Å². The maximum Gasteiger partial charge on any atom is 0.122 e. The van der Waals surface area contributed by atoms with Gasteiger partial charge in [0.1, 0.15) is 5.75 Å². The topological polar surface area (TPSA) is 55.5 Å². The second-order valence-corrected chi connectivity index (χ2v) is 4.96. The smallest absolute Gasteiger partial charge is 0.122 e. The molecule has 2 rings (SSSR count). The van der Waals surface area contributed by atoms with Crippen LogP contribution in [0.2, 0.25) is 0 Å². The molecule has 0 aliphatic heterocycles. The van der Waals surface area contributed by atoms with Gasteiger partial charge in [-0.3, -0.25) is 0 Å². The van der Waals surface area contributed by atoms with Crippen molar-refractivity contribution in [2.75, 3.05) is 13.2 Å². The van der Waals surface area contributed by atoms with E-state index in [1.807, 2.05) is 12.1 Å². The summed E-state index contributed by atoms with van der Waals surface area (Å²) in [5.41, 5.74) is 8.61. The van der Waals surface area contributed by atoms with Gasteiger partial charge in [0, 0.05) is 12.6 Å². The Labute approximate surface area is 109 Å². The number of hydrogen-bond donors (Lipinski definition) is 2. The summed E-state index contributed by atoms with van der Waals surface area (Å²) in [5.74, 6) is 1.02. The molecule has 3 N–H and O–H groups in total. The van der Waals surface area contributed by atoms with Crippen molar-refractivity contribution in [3.05, 3.63) is 29.3 Å². The summed E-state index contributed by atoms with van der Waals surface area (Å²) < 4.78 is 5.86. The third-order valence-electron chi connectivity index (χ3n) is 3.58. The van der Waals surface area contributed by atoms with E-state index in [1.165, 1.54) is 11.1 Å². The van der Waals surface area contributed by atoms with Crippen LogP contribution in [0.1, 0.15) is 49.3 Å². The summed E-state index contributed by atoms with van der Waals surface area (Å²) in [6, 6.07) is 6.38. The Balaban J connectivity index is 1.80. The first kappa shape index (κ1) is 13.4. The molecule has 18 heavy (non-hydrogen) atoms. The molecule has 0 radical (unpaired) electrons. The summed E-state index contributed by atoms with van der Waals surface area (Å²) in [5, 5.41) is 8.69. The highest BCUT2D eigenvalue weighted by atomic mass is 16.5. The summed E-state index contributed by atoms with van der Waals surface area (Å²) in [6.45, 7) is 1.06. The van der Waals surface area contributed by atoms with Crippen molar-refractivity contribution < 1.29 is 9.84 Å². The minimum atomic E-state index is 0.188. The molecule has 0 spiro atoms. The van der Waals surface area contributed by atoms with Gasteiger partial charge in [-0.05, 0) is 49.3 Å². The normalized spacial score (nSPS) is 17.8. The first-order valence-corrected chi connectivity index (χ1v) is 6.94. The molecule has 3 nitrogen and oxygen atoms in total. The Kier molecular flexibility index (Phi) is 5.02. The van der Waals surface area contributed by atoms with Crippen LogP contribution < -0.4 is 10.5 Å².